The van der Waals surface area contributed by atoms with Crippen LogP contribution in [0.3, 0.4) is 0 Å². The number of nitrogens with one attached hydrogen (secondary N) is 1. The minimum absolute atomic E-state index is 0.240. The minimum atomic E-state index is -0.382. The Morgan fingerprint density at radius 2 is 2.40 bits per heavy atom. The molecule has 0 amide bonds. The Morgan fingerprint density at radius 1 is 1.55 bits per heavy atom. The summed E-state index contributed by atoms with van der Waals surface area (Å²) in [6.07, 6.45) is 2.12. The van der Waals surface area contributed by atoms with Crippen LogP contribution >= 0.6 is 12.2 Å². The van der Waals surface area contributed by atoms with Crippen LogP contribution in [-0.4, -0.2) is 29.9 Å². The third-order valence-corrected chi connectivity index (χ3v) is 4.16. The Balaban J connectivity index is 1.92. The van der Waals surface area contributed by atoms with Crippen molar-refractivity contribution in [3.05, 3.63) is 22.7 Å². The van der Waals surface area contributed by atoms with Crippen molar-refractivity contribution >= 4 is 23.3 Å². The second-order valence-corrected chi connectivity index (χ2v) is 5.49. The highest BCUT2D eigenvalue weighted by Gasteiger charge is 2.17. The number of benzene rings is 1. The number of hydrogen-bond donors (Lipinski definition) is 1. The smallest absolute Gasteiger partial charge is 0.178 e. The number of nitrogens with zero attached hydrogens (tertiary/aromatic N) is 1. The number of H-pyrrole nitrogens is 1. The zero-order chi connectivity index (χ0) is 14.1. The zero-order valence-electron chi connectivity index (χ0n) is 11.3. The molecule has 1 aromatic heterocycles. The summed E-state index contributed by atoms with van der Waals surface area (Å²) in [4.78, 5) is 3.05. The average molecular weight is 296 g/mol. The molecule has 20 heavy (non-hydrogen) atoms. The molecule has 1 N–H and O–H groups in total. The molecule has 0 spiro atoms. The zero-order valence-corrected chi connectivity index (χ0v) is 12.1. The lowest BCUT2D eigenvalue weighted by Gasteiger charge is -2.09. The van der Waals surface area contributed by atoms with Crippen molar-refractivity contribution < 1.29 is 13.9 Å². The maximum atomic E-state index is 13.7. The van der Waals surface area contributed by atoms with Crippen LogP contribution in [0, 0.1) is 16.5 Å². The van der Waals surface area contributed by atoms with Gasteiger partial charge in [0.05, 0.1) is 18.1 Å². The van der Waals surface area contributed by atoms with Gasteiger partial charge in [0.25, 0.3) is 0 Å². The van der Waals surface area contributed by atoms with Crippen molar-refractivity contribution in [3.8, 4) is 5.75 Å². The predicted octanol–water partition coefficient (Wildman–Crippen LogP) is 3.27. The van der Waals surface area contributed by atoms with Gasteiger partial charge in [0, 0.05) is 31.9 Å². The fourth-order valence-electron chi connectivity index (χ4n) is 2.66. The van der Waals surface area contributed by atoms with Crippen LogP contribution in [0.15, 0.2) is 12.1 Å². The lowest BCUT2D eigenvalue weighted by Crippen LogP contribution is -2.06. The summed E-state index contributed by atoms with van der Waals surface area (Å²) in [5.41, 5.74) is 1.59. The van der Waals surface area contributed by atoms with Gasteiger partial charge in [0.2, 0.25) is 0 Å². The first-order valence-electron chi connectivity index (χ1n) is 6.73. The van der Waals surface area contributed by atoms with Crippen LogP contribution in [-0.2, 0) is 11.3 Å². The Morgan fingerprint density at radius 3 is 3.10 bits per heavy atom. The molecule has 0 bridgehead atoms. The lowest BCUT2D eigenvalue weighted by atomic mass is 10.1. The van der Waals surface area contributed by atoms with Crippen LogP contribution in [0.2, 0.25) is 0 Å². The Kier molecular flexibility index (Phi) is 3.76. The number of aromatic nitrogens is 2. The van der Waals surface area contributed by atoms with Gasteiger partial charge in [0.1, 0.15) is 0 Å². The predicted molar refractivity (Wildman–Crippen MR) is 77.2 cm³/mol. The summed E-state index contributed by atoms with van der Waals surface area (Å²) in [7, 11) is 1.46. The minimum Gasteiger partial charge on any atom is -0.494 e. The number of aryl methyl sites for hydroxylation is 1. The van der Waals surface area contributed by atoms with Crippen LogP contribution < -0.4 is 4.74 Å². The summed E-state index contributed by atoms with van der Waals surface area (Å²) < 4.78 is 26.7. The molecule has 1 fully saturated rings. The van der Waals surface area contributed by atoms with Crippen LogP contribution in [0.4, 0.5) is 4.39 Å². The van der Waals surface area contributed by atoms with E-state index in [1.54, 1.807) is 6.07 Å². The van der Waals surface area contributed by atoms with Crippen LogP contribution in [0.5, 0.6) is 5.75 Å². The van der Waals surface area contributed by atoms with Crippen molar-refractivity contribution in [2.75, 3.05) is 20.3 Å². The molecule has 2 heterocycles. The summed E-state index contributed by atoms with van der Waals surface area (Å²) in [5.74, 6) is 0.446. The van der Waals surface area contributed by atoms with E-state index in [1.165, 1.54) is 13.2 Å². The number of imidazole rings is 1. The number of ether oxygens (including phenoxy) is 2. The first-order chi connectivity index (χ1) is 9.69. The maximum Gasteiger partial charge on any atom is 0.178 e. The number of hydrogen-bond acceptors (Lipinski definition) is 3. The molecule has 2 aromatic rings. The van der Waals surface area contributed by atoms with Crippen molar-refractivity contribution in [2.45, 2.75) is 19.4 Å². The molecule has 108 valence electrons. The summed E-state index contributed by atoms with van der Waals surface area (Å²) in [6.45, 7) is 2.48. The van der Waals surface area contributed by atoms with Gasteiger partial charge in [0.15, 0.2) is 16.3 Å². The van der Waals surface area contributed by atoms with Gasteiger partial charge in [-0.1, -0.05) is 0 Å². The molecule has 4 nitrogen and oxygen atoms in total. The molecule has 0 saturated carbocycles. The fourth-order valence-corrected chi connectivity index (χ4v) is 2.96. The standard InChI is InChI=1S/C14H17FN2O2S/c1-18-13-7-12-11(6-10(13)15)16-14(20)17(12)4-2-9-3-5-19-8-9/h6-7,9H,2-5,8H2,1H3,(H,16,20). The molecular formula is C14H17FN2O2S. The monoisotopic (exact) mass is 296 g/mol. The molecule has 1 aliphatic heterocycles. The number of fused-ring (bicyclic) bond motifs is 1. The van der Waals surface area contributed by atoms with E-state index in [4.69, 9.17) is 21.7 Å². The Bertz CT molecular complexity index is 674. The van der Waals surface area contributed by atoms with Crippen molar-refractivity contribution in [1.82, 2.24) is 9.55 Å². The van der Waals surface area contributed by atoms with E-state index in [9.17, 15) is 4.39 Å². The average Bonchev–Trinajstić information content (AvgIpc) is 3.03. The molecule has 6 heteroatoms. The molecule has 0 radical (unpaired) electrons. The number of halogens is 1. The highest BCUT2D eigenvalue weighted by atomic mass is 32.1. The van der Waals surface area contributed by atoms with Gasteiger partial charge in [-0.25, -0.2) is 4.39 Å². The summed E-state index contributed by atoms with van der Waals surface area (Å²) >= 11 is 5.33. The Labute approximate surface area is 121 Å². The quantitative estimate of drug-likeness (QED) is 0.880. The van der Waals surface area contributed by atoms with E-state index in [0.717, 1.165) is 38.1 Å². The van der Waals surface area contributed by atoms with Crippen molar-refractivity contribution in [2.24, 2.45) is 5.92 Å². The number of aromatic amines is 1. The largest absolute Gasteiger partial charge is 0.494 e. The normalized spacial score (nSPS) is 18.8. The van der Waals surface area contributed by atoms with Gasteiger partial charge in [-0.05, 0) is 31.0 Å². The molecule has 3 rings (SSSR count). The SMILES string of the molecule is COc1cc2c(cc1F)[nH]c(=S)n2CCC1CCOC1. The van der Waals surface area contributed by atoms with E-state index in [0.29, 0.717) is 16.2 Å². The molecule has 1 atom stereocenters. The molecule has 1 aromatic carbocycles. The fraction of sp³-hybridized carbons (Fsp3) is 0.500. The first-order valence-corrected chi connectivity index (χ1v) is 7.13. The van der Waals surface area contributed by atoms with Gasteiger partial charge < -0.3 is 19.0 Å². The molecule has 0 aliphatic carbocycles. The lowest BCUT2D eigenvalue weighted by molar-refractivity contribution is 0.183. The molecule has 1 saturated heterocycles. The van der Waals surface area contributed by atoms with Crippen LogP contribution in [0.25, 0.3) is 11.0 Å². The van der Waals surface area contributed by atoms with E-state index >= 15 is 0 Å². The van der Waals surface area contributed by atoms with Crippen LogP contribution in [0.1, 0.15) is 12.8 Å². The number of rotatable bonds is 4. The molecular weight excluding hydrogens is 279 g/mol. The van der Waals surface area contributed by atoms with Gasteiger partial charge in [-0.3, -0.25) is 0 Å². The van der Waals surface area contributed by atoms with Gasteiger partial charge in [-0.2, -0.15) is 0 Å². The van der Waals surface area contributed by atoms with E-state index in [2.05, 4.69) is 4.98 Å². The Hall–Kier alpha value is -1.40. The van der Waals surface area contributed by atoms with Crippen molar-refractivity contribution in [1.29, 1.82) is 0 Å². The van der Waals surface area contributed by atoms with E-state index in [-0.39, 0.29) is 11.6 Å². The maximum absolute atomic E-state index is 13.7. The highest BCUT2D eigenvalue weighted by molar-refractivity contribution is 7.71. The summed E-state index contributed by atoms with van der Waals surface area (Å²) in [5, 5.41) is 0. The second kappa shape index (κ2) is 5.54. The van der Waals surface area contributed by atoms with E-state index < -0.39 is 0 Å². The number of methoxy groups -OCH3 is 1. The highest BCUT2D eigenvalue weighted by Crippen LogP contribution is 2.26. The first kappa shape index (κ1) is 13.6. The van der Waals surface area contributed by atoms with Crippen molar-refractivity contribution in [3.63, 3.8) is 0 Å². The third kappa shape index (κ3) is 2.45. The topological polar surface area (TPSA) is 39.2 Å². The third-order valence-electron chi connectivity index (χ3n) is 3.83. The van der Waals surface area contributed by atoms with E-state index in [1.807, 2.05) is 4.57 Å². The van der Waals surface area contributed by atoms with Gasteiger partial charge in [-0.15, -0.1) is 0 Å². The molecule has 1 aliphatic rings. The van der Waals surface area contributed by atoms with Gasteiger partial charge >= 0.3 is 0 Å². The second-order valence-electron chi connectivity index (χ2n) is 5.10. The summed E-state index contributed by atoms with van der Waals surface area (Å²) in [6, 6.07) is 3.13. The molecule has 1 unspecified atom stereocenters.